The number of imide groups is 2. The lowest BCUT2D eigenvalue weighted by Gasteiger charge is -2.28. The molecule has 2 aliphatic rings. The number of likely N-dealkylation sites (N-methyl/N-ethyl adjacent to an activating group) is 1. The summed E-state index contributed by atoms with van der Waals surface area (Å²) in [6, 6.07) is 7.39. The third-order valence-electron chi connectivity index (χ3n) is 6.00. The number of amides is 5. The van der Waals surface area contributed by atoms with Crippen LogP contribution in [0.2, 0.25) is 0 Å². The van der Waals surface area contributed by atoms with Crippen LogP contribution < -0.4 is 29.2 Å². The van der Waals surface area contributed by atoms with Gasteiger partial charge in [0.05, 0.1) is 19.4 Å². The number of nitrogens with one attached hydrogen (secondary N) is 1. The fourth-order valence-corrected chi connectivity index (χ4v) is 4.03. The van der Waals surface area contributed by atoms with Gasteiger partial charge in [0.15, 0.2) is 11.5 Å². The molecule has 2 aliphatic heterocycles. The number of rotatable bonds is 8. The van der Waals surface area contributed by atoms with Gasteiger partial charge in [0.1, 0.15) is 11.3 Å². The first kappa shape index (κ1) is 25.5. The highest BCUT2D eigenvalue weighted by atomic mass is 16.7. The van der Waals surface area contributed by atoms with E-state index in [-0.39, 0.29) is 29.7 Å². The number of ether oxygens (including phenoxy) is 4. The maximum absolute atomic E-state index is 13.6. The SMILES string of the molecule is CCOc1ccccc1N1C(=O)NC(=O)/C(=C\c2c(CCN(C)C(C)=O)cc3c(c2OC)OCO3)C1=O. The molecule has 11 heteroatoms. The summed E-state index contributed by atoms with van der Waals surface area (Å²) in [7, 11) is 3.10. The molecule has 4 rings (SSSR count). The molecule has 0 aliphatic carbocycles. The number of nitrogens with zero attached hydrogens (tertiary/aromatic N) is 2. The average Bonchev–Trinajstić information content (AvgIpc) is 3.33. The molecule has 0 unspecified atom stereocenters. The quantitative estimate of drug-likeness (QED) is 0.425. The monoisotopic (exact) mass is 509 g/mol. The van der Waals surface area contributed by atoms with Crippen LogP contribution in [0.15, 0.2) is 35.9 Å². The third-order valence-corrected chi connectivity index (χ3v) is 6.00. The highest BCUT2D eigenvalue weighted by Gasteiger charge is 2.39. The van der Waals surface area contributed by atoms with Crippen molar-refractivity contribution in [2.75, 3.05) is 39.0 Å². The molecule has 1 saturated heterocycles. The van der Waals surface area contributed by atoms with Crippen LogP contribution in [0.25, 0.3) is 6.08 Å². The minimum absolute atomic E-state index is 0.0194. The number of anilines is 1. The Morgan fingerprint density at radius 2 is 1.97 bits per heavy atom. The van der Waals surface area contributed by atoms with E-state index in [4.69, 9.17) is 18.9 Å². The Morgan fingerprint density at radius 3 is 2.68 bits per heavy atom. The molecule has 0 aromatic heterocycles. The smallest absolute Gasteiger partial charge is 0.336 e. The third kappa shape index (κ3) is 4.92. The summed E-state index contributed by atoms with van der Waals surface area (Å²) in [5.74, 6) is -0.439. The number of carbonyl (C=O) groups excluding carboxylic acids is 4. The molecule has 5 amide bonds. The summed E-state index contributed by atoms with van der Waals surface area (Å²) in [5, 5.41) is 2.23. The highest BCUT2D eigenvalue weighted by Crippen LogP contribution is 2.46. The van der Waals surface area contributed by atoms with Gasteiger partial charge >= 0.3 is 6.03 Å². The van der Waals surface area contributed by atoms with Crippen molar-refractivity contribution in [2.45, 2.75) is 20.3 Å². The first-order chi connectivity index (χ1) is 17.8. The largest absolute Gasteiger partial charge is 0.492 e. The zero-order chi connectivity index (χ0) is 26.7. The fraction of sp³-hybridized carbons (Fsp3) is 0.308. The normalized spacial score (nSPS) is 15.6. The molecule has 0 spiro atoms. The molecule has 0 bridgehead atoms. The minimum Gasteiger partial charge on any atom is -0.492 e. The van der Waals surface area contributed by atoms with Crippen LogP contribution in [-0.2, 0) is 20.8 Å². The van der Waals surface area contributed by atoms with E-state index in [9.17, 15) is 19.2 Å². The minimum atomic E-state index is -0.889. The van der Waals surface area contributed by atoms with Crippen LogP contribution in [-0.4, -0.2) is 62.8 Å². The summed E-state index contributed by atoms with van der Waals surface area (Å²) >= 11 is 0. The van der Waals surface area contributed by atoms with Gasteiger partial charge in [0.2, 0.25) is 18.4 Å². The van der Waals surface area contributed by atoms with Crippen molar-refractivity contribution in [3.63, 3.8) is 0 Å². The van der Waals surface area contributed by atoms with Crippen LogP contribution in [0.1, 0.15) is 25.0 Å². The van der Waals surface area contributed by atoms with Gasteiger partial charge < -0.3 is 23.8 Å². The summed E-state index contributed by atoms with van der Waals surface area (Å²) < 4.78 is 22.3. The molecule has 11 nitrogen and oxygen atoms in total. The zero-order valence-corrected chi connectivity index (χ0v) is 21.0. The molecule has 1 N–H and O–H groups in total. The number of carbonyl (C=O) groups is 4. The van der Waals surface area contributed by atoms with E-state index in [0.29, 0.717) is 47.9 Å². The van der Waals surface area contributed by atoms with Gasteiger partial charge in [-0.05, 0) is 43.2 Å². The maximum atomic E-state index is 13.6. The van der Waals surface area contributed by atoms with Gasteiger partial charge in [-0.15, -0.1) is 0 Å². The van der Waals surface area contributed by atoms with Gasteiger partial charge in [-0.1, -0.05) is 12.1 Å². The van der Waals surface area contributed by atoms with Crippen molar-refractivity contribution in [3.8, 4) is 23.0 Å². The van der Waals surface area contributed by atoms with Gasteiger partial charge in [-0.2, -0.15) is 0 Å². The molecule has 0 atom stereocenters. The van der Waals surface area contributed by atoms with Crippen LogP contribution >= 0.6 is 0 Å². The first-order valence-corrected chi connectivity index (χ1v) is 11.6. The Labute approximate surface area is 213 Å². The van der Waals surface area contributed by atoms with E-state index in [1.54, 1.807) is 44.3 Å². The molecular formula is C26H27N3O8. The van der Waals surface area contributed by atoms with E-state index >= 15 is 0 Å². The second-order valence-electron chi connectivity index (χ2n) is 8.27. The van der Waals surface area contributed by atoms with E-state index in [1.807, 2.05) is 0 Å². The van der Waals surface area contributed by atoms with Crippen molar-refractivity contribution in [3.05, 3.63) is 47.0 Å². The Kier molecular flexibility index (Phi) is 7.32. The summed E-state index contributed by atoms with van der Waals surface area (Å²) in [6.45, 7) is 3.89. The predicted octanol–water partition coefficient (Wildman–Crippen LogP) is 2.51. The Bertz CT molecular complexity index is 1300. The molecule has 1 fully saturated rings. The molecule has 2 aromatic rings. The number of benzene rings is 2. The number of fused-ring (bicyclic) bond motifs is 1. The molecule has 37 heavy (non-hydrogen) atoms. The van der Waals surface area contributed by atoms with E-state index < -0.39 is 17.8 Å². The van der Waals surface area contributed by atoms with Crippen molar-refractivity contribution in [2.24, 2.45) is 0 Å². The van der Waals surface area contributed by atoms with Gasteiger partial charge in [-0.3, -0.25) is 19.7 Å². The van der Waals surface area contributed by atoms with Crippen LogP contribution in [0, 0.1) is 0 Å². The first-order valence-electron chi connectivity index (χ1n) is 11.6. The van der Waals surface area contributed by atoms with Crippen molar-refractivity contribution in [1.82, 2.24) is 10.2 Å². The number of barbiturate groups is 1. The number of urea groups is 1. The lowest BCUT2D eigenvalue weighted by Crippen LogP contribution is -2.54. The van der Waals surface area contributed by atoms with Crippen molar-refractivity contribution >= 4 is 35.5 Å². The summed E-state index contributed by atoms with van der Waals surface area (Å²) in [5.41, 5.74) is 0.963. The second-order valence-corrected chi connectivity index (χ2v) is 8.27. The van der Waals surface area contributed by atoms with E-state index in [1.165, 1.54) is 25.0 Å². The van der Waals surface area contributed by atoms with Crippen LogP contribution in [0.5, 0.6) is 23.0 Å². The van der Waals surface area contributed by atoms with E-state index in [2.05, 4.69) is 5.32 Å². The van der Waals surface area contributed by atoms with Crippen molar-refractivity contribution < 1.29 is 38.1 Å². The predicted molar refractivity (Wildman–Crippen MR) is 133 cm³/mol. The highest BCUT2D eigenvalue weighted by molar-refractivity contribution is 6.39. The summed E-state index contributed by atoms with van der Waals surface area (Å²) in [6.07, 6.45) is 1.73. The zero-order valence-electron chi connectivity index (χ0n) is 21.0. The van der Waals surface area contributed by atoms with Gasteiger partial charge in [0.25, 0.3) is 11.8 Å². The lowest BCUT2D eigenvalue weighted by atomic mass is 9.98. The number of para-hydroxylation sites is 2. The standard InChI is InChI=1S/C26H27N3O8/c1-5-35-20-9-7-6-8-19(20)29-25(32)18(24(31)27-26(29)33)13-17-16(10-11-28(3)15(2)30)12-21-23(22(17)34-4)37-14-36-21/h6-9,12-13H,5,10-11,14H2,1-4H3,(H,27,31,33)/b18-13+. The molecule has 2 heterocycles. The van der Waals surface area contributed by atoms with Gasteiger partial charge in [-0.25, -0.2) is 9.69 Å². The summed E-state index contributed by atoms with van der Waals surface area (Å²) in [4.78, 5) is 53.3. The number of methoxy groups -OCH3 is 1. The maximum Gasteiger partial charge on any atom is 0.336 e. The van der Waals surface area contributed by atoms with Crippen LogP contribution in [0.4, 0.5) is 10.5 Å². The van der Waals surface area contributed by atoms with E-state index in [0.717, 1.165) is 4.90 Å². The molecule has 0 radical (unpaired) electrons. The molecular weight excluding hydrogens is 482 g/mol. The number of hydrogen-bond donors (Lipinski definition) is 1. The van der Waals surface area contributed by atoms with Crippen molar-refractivity contribution in [1.29, 1.82) is 0 Å². The van der Waals surface area contributed by atoms with Crippen LogP contribution in [0.3, 0.4) is 0 Å². The Morgan fingerprint density at radius 1 is 1.22 bits per heavy atom. The lowest BCUT2D eigenvalue weighted by molar-refractivity contribution is -0.127. The van der Waals surface area contributed by atoms with Gasteiger partial charge in [0, 0.05) is 26.1 Å². The number of hydrogen-bond acceptors (Lipinski definition) is 8. The second kappa shape index (κ2) is 10.6. The molecule has 194 valence electrons. The fourth-order valence-electron chi connectivity index (χ4n) is 4.03. The molecule has 2 aromatic carbocycles. The Hall–Kier alpha value is -4.54. The molecule has 0 saturated carbocycles. The topological polar surface area (TPSA) is 124 Å². The average molecular weight is 510 g/mol. The Balaban J connectivity index is 1.82.